The lowest BCUT2D eigenvalue weighted by Gasteiger charge is -2.20. The van der Waals surface area contributed by atoms with Gasteiger partial charge in [0.25, 0.3) is 0 Å². The number of rotatable bonds is 3. The van der Waals surface area contributed by atoms with E-state index in [1.807, 2.05) is 19.9 Å². The van der Waals surface area contributed by atoms with Crippen LogP contribution in [0.15, 0.2) is 23.2 Å². The van der Waals surface area contributed by atoms with Gasteiger partial charge in [-0.15, -0.1) is 11.8 Å². The Balaban J connectivity index is 1.76. The van der Waals surface area contributed by atoms with Crippen LogP contribution in [0.2, 0.25) is 0 Å². The number of benzene rings is 1. The lowest BCUT2D eigenvalue weighted by Crippen LogP contribution is -2.20. The molecule has 1 N–H and O–H groups in total. The summed E-state index contributed by atoms with van der Waals surface area (Å²) in [5, 5.41) is 0.931. The maximum absolute atomic E-state index is 13.6. The number of thioether (sulfide) groups is 1. The van der Waals surface area contributed by atoms with Crippen LogP contribution in [0.1, 0.15) is 25.0 Å². The first kappa shape index (κ1) is 13.7. The predicted molar refractivity (Wildman–Crippen MR) is 74.4 cm³/mol. The number of hydrogen-bond donors (Lipinski definition) is 1. The van der Waals surface area contributed by atoms with E-state index in [1.165, 1.54) is 12.1 Å². The minimum absolute atomic E-state index is 0.216. The molecule has 0 aromatic heterocycles. The molecule has 4 nitrogen and oxygen atoms in total. The van der Waals surface area contributed by atoms with Gasteiger partial charge in [-0.2, -0.15) is 0 Å². The van der Waals surface area contributed by atoms with Crippen molar-refractivity contribution in [2.45, 2.75) is 31.8 Å². The highest BCUT2D eigenvalue weighted by molar-refractivity contribution is 8.02. The van der Waals surface area contributed by atoms with E-state index in [0.29, 0.717) is 12.4 Å². The summed E-state index contributed by atoms with van der Waals surface area (Å²) in [6, 6.07) is 2.97. The third-order valence-electron chi connectivity index (χ3n) is 3.03. The molecule has 2 aliphatic heterocycles. The number of halogens is 1. The Kier molecular flexibility index (Phi) is 3.62. The highest BCUT2D eigenvalue weighted by Crippen LogP contribution is 2.35. The van der Waals surface area contributed by atoms with Crippen LogP contribution in [-0.2, 0) is 21.9 Å². The first-order valence-electron chi connectivity index (χ1n) is 6.35. The molecule has 0 saturated heterocycles. The van der Waals surface area contributed by atoms with Crippen LogP contribution in [0.4, 0.5) is 4.39 Å². The van der Waals surface area contributed by atoms with Crippen LogP contribution in [0.3, 0.4) is 0 Å². The number of ether oxygens (including phenoxy) is 2. The Morgan fingerprint density at radius 2 is 2.25 bits per heavy atom. The van der Waals surface area contributed by atoms with E-state index in [9.17, 15) is 4.39 Å². The normalized spacial score (nSPS) is 19.9. The fraction of sp³-hybridized carbons (Fsp3) is 0.429. The maximum atomic E-state index is 13.6. The molecule has 1 aromatic rings. The van der Waals surface area contributed by atoms with Crippen molar-refractivity contribution < 1.29 is 18.7 Å². The van der Waals surface area contributed by atoms with Crippen molar-refractivity contribution in [2.24, 2.45) is 0 Å². The lowest BCUT2D eigenvalue weighted by atomic mass is 10.1. The number of fused-ring (bicyclic) bond motifs is 1. The van der Waals surface area contributed by atoms with Gasteiger partial charge in [-0.05, 0) is 32.1 Å². The summed E-state index contributed by atoms with van der Waals surface area (Å²) in [5.74, 6) is 1.08. The monoisotopic (exact) mass is 297 g/mol. The minimum Gasteiger partial charge on any atom is -0.467 e. The molecule has 0 amide bonds. The summed E-state index contributed by atoms with van der Waals surface area (Å²) < 4.78 is 24.3. The zero-order valence-electron chi connectivity index (χ0n) is 11.4. The summed E-state index contributed by atoms with van der Waals surface area (Å²) in [4.78, 5) is 5.39. The number of nitrogens with one attached hydrogen (secondary N) is 1. The van der Waals surface area contributed by atoms with Gasteiger partial charge >= 0.3 is 0 Å². The summed E-state index contributed by atoms with van der Waals surface area (Å²) in [6.45, 7) is 4.55. The third kappa shape index (κ3) is 2.92. The van der Waals surface area contributed by atoms with Gasteiger partial charge in [0.2, 0.25) is 0 Å². The second-order valence-electron chi connectivity index (χ2n) is 5.27. The van der Waals surface area contributed by atoms with Crippen molar-refractivity contribution in [1.29, 1.82) is 0 Å². The zero-order valence-corrected chi connectivity index (χ0v) is 12.2. The van der Waals surface area contributed by atoms with Crippen LogP contribution in [0.5, 0.6) is 5.75 Å². The van der Waals surface area contributed by atoms with Crippen molar-refractivity contribution in [3.63, 3.8) is 0 Å². The van der Waals surface area contributed by atoms with E-state index in [0.717, 1.165) is 21.9 Å². The molecule has 3 rings (SSSR count). The SMILES string of the molecule is CC1(C)C=C(SCc2cc(F)cc3c2OCOC3)NO1. The molecule has 0 unspecified atom stereocenters. The van der Waals surface area contributed by atoms with Crippen LogP contribution in [0, 0.1) is 5.82 Å². The van der Waals surface area contributed by atoms with Gasteiger partial charge in [-0.1, -0.05) is 0 Å². The Hall–Kier alpha value is -1.24. The number of hydroxylamine groups is 1. The van der Waals surface area contributed by atoms with Gasteiger partial charge < -0.3 is 9.47 Å². The molecular formula is C14H16FNO3S. The molecule has 2 heterocycles. The van der Waals surface area contributed by atoms with E-state index >= 15 is 0 Å². The molecule has 20 heavy (non-hydrogen) atoms. The molecule has 6 heteroatoms. The topological polar surface area (TPSA) is 39.7 Å². The first-order chi connectivity index (χ1) is 9.53. The molecule has 0 atom stereocenters. The second kappa shape index (κ2) is 5.27. The maximum Gasteiger partial charge on any atom is 0.189 e. The summed E-state index contributed by atoms with van der Waals surface area (Å²) >= 11 is 1.56. The Labute approximate surface area is 121 Å². The molecule has 108 valence electrons. The van der Waals surface area contributed by atoms with Crippen molar-refractivity contribution in [3.05, 3.63) is 40.2 Å². The standard InChI is InChI=1S/C14H16FNO3S/c1-14(2)5-12(16-19-14)20-7-10-4-11(15)3-9-6-17-8-18-13(9)10/h3-5,16H,6-8H2,1-2H3. The molecule has 0 spiro atoms. The van der Waals surface area contributed by atoms with Crippen molar-refractivity contribution in [1.82, 2.24) is 5.48 Å². The average Bonchev–Trinajstić information content (AvgIpc) is 2.75. The Morgan fingerprint density at radius 1 is 1.40 bits per heavy atom. The Morgan fingerprint density at radius 3 is 3.00 bits per heavy atom. The van der Waals surface area contributed by atoms with E-state index in [4.69, 9.17) is 14.3 Å². The van der Waals surface area contributed by atoms with Crippen molar-refractivity contribution >= 4 is 11.8 Å². The van der Waals surface area contributed by atoms with Crippen LogP contribution in [-0.4, -0.2) is 12.4 Å². The summed E-state index contributed by atoms with van der Waals surface area (Å²) in [6.07, 6.45) is 2.01. The molecule has 0 bridgehead atoms. The van der Waals surface area contributed by atoms with Crippen LogP contribution in [0.25, 0.3) is 0 Å². The van der Waals surface area contributed by atoms with Gasteiger partial charge in [-0.25, -0.2) is 4.39 Å². The van der Waals surface area contributed by atoms with Gasteiger partial charge in [-0.3, -0.25) is 10.3 Å². The molecule has 0 saturated carbocycles. The fourth-order valence-electron chi connectivity index (χ4n) is 2.15. The van der Waals surface area contributed by atoms with Crippen molar-refractivity contribution in [3.8, 4) is 5.75 Å². The first-order valence-corrected chi connectivity index (χ1v) is 7.33. The largest absolute Gasteiger partial charge is 0.467 e. The van der Waals surface area contributed by atoms with Crippen LogP contribution < -0.4 is 10.2 Å². The van der Waals surface area contributed by atoms with Crippen molar-refractivity contribution in [2.75, 3.05) is 6.79 Å². The molecule has 0 radical (unpaired) electrons. The molecule has 1 aromatic carbocycles. The number of hydrogen-bond acceptors (Lipinski definition) is 5. The molecular weight excluding hydrogens is 281 g/mol. The van der Waals surface area contributed by atoms with Gasteiger partial charge in [0.15, 0.2) is 6.79 Å². The average molecular weight is 297 g/mol. The van der Waals surface area contributed by atoms with E-state index in [2.05, 4.69) is 5.48 Å². The molecule has 0 aliphatic carbocycles. The highest BCUT2D eigenvalue weighted by Gasteiger charge is 2.25. The fourth-order valence-corrected chi connectivity index (χ4v) is 3.14. The van der Waals surface area contributed by atoms with Crippen LogP contribution >= 0.6 is 11.8 Å². The van der Waals surface area contributed by atoms with E-state index in [-0.39, 0.29) is 18.2 Å². The predicted octanol–water partition coefficient (Wildman–Crippen LogP) is 3.08. The second-order valence-corrected chi connectivity index (χ2v) is 6.29. The van der Waals surface area contributed by atoms with E-state index in [1.54, 1.807) is 11.8 Å². The third-order valence-corrected chi connectivity index (χ3v) is 4.00. The minimum atomic E-state index is -0.311. The summed E-state index contributed by atoms with van der Waals surface area (Å²) in [5.41, 5.74) is 4.16. The smallest absolute Gasteiger partial charge is 0.189 e. The quantitative estimate of drug-likeness (QED) is 0.928. The van der Waals surface area contributed by atoms with Gasteiger partial charge in [0.1, 0.15) is 17.2 Å². The summed E-state index contributed by atoms with van der Waals surface area (Å²) in [7, 11) is 0. The zero-order chi connectivity index (χ0) is 14.2. The van der Waals surface area contributed by atoms with E-state index < -0.39 is 0 Å². The Bertz CT molecular complexity index is 560. The molecule has 2 aliphatic rings. The highest BCUT2D eigenvalue weighted by atomic mass is 32.2. The van der Waals surface area contributed by atoms with Gasteiger partial charge in [0.05, 0.1) is 11.6 Å². The molecule has 0 fully saturated rings. The lowest BCUT2D eigenvalue weighted by molar-refractivity contribution is -0.0171. The van der Waals surface area contributed by atoms with Gasteiger partial charge in [0, 0.05) is 16.9 Å².